The maximum atomic E-state index is 13.0. The van der Waals surface area contributed by atoms with Gasteiger partial charge in [0.1, 0.15) is 16.8 Å². The van der Waals surface area contributed by atoms with E-state index < -0.39 is 0 Å². The molecular weight excluding hydrogens is 568 g/mol. The minimum atomic E-state index is -0.356. The van der Waals surface area contributed by atoms with Crippen LogP contribution in [0.25, 0.3) is 0 Å². The molecule has 3 amide bonds. The first kappa shape index (κ1) is 29.8. The maximum Gasteiger partial charge on any atom is 0.322 e. The highest BCUT2D eigenvalue weighted by Crippen LogP contribution is 2.37. The summed E-state index contributed by atoms with van der Waals surface area (Å²) in [6.07, 6.45) is 3.66. The molecule has 0 atom stereocenters. The van der Waals surface area contributed by atoms with E-state index in [9.17, 15) is 14.9 Å². The van der Waals surface area contributed by atoms with Gasteiger partial charge >= 0.3 is 6.03 Å². The normalized spacial score (nSPS) is 12.3. The molecule has 1 aliphatic heterocycles. The molecular formula is C31H32N6O5S. The third-order valence-corrected chi connectivity index (χ3v) is 8.00. The molecule has 3 heterocycles. The Kier molecular flexibility index (Phi) is 10.0. The molecule has 43 heavy (non-hydrogen) atoms. The number of ether oxygens (including phenoxy) is 3. The number of hydrogen-bond donors (Lipinski definition) is 2. The number of nitrogens with zero attached hydrogens (tertiary/aromatic N) is 4. The van der Waals surface area contributed by atoms with Crippen molar-refractivity contribution in [3.63, 3.8) is 0 Å². The van der Waals surface area contributed by atoms with E-state index in [1.165, 1.54) is 17.5 Å². The lowest BCUT2D eigenvalue weighted by Gasteiger charge is -2.27. The number of benzene rings is 2. The van der Waals surface area contributed by atoms with Crippen molar-refractivity contribution in [1.82, 2.24) is 14.7 Å². The first-order valence-corrected chi connectivity index (χ1v) is 14.6. The summed E-state index contributed by atoms with van der Waals surface area (Å²) in [5.41, 5.74) is 3.47. The Labute approximate surface area is 253 Å². The first-order chi connectivity index (χ1) is 21.0. The van der Waals surface area contributed by atoms with Gasteiger partial charge < -0.3 is 29.7 Å². The topological polar surface area (TPSA) is 131 Å². The largest absolute Gasteiger partial charge is 0.497 e. The number of aromatic nitrogens is 2. The van der Waals surface area contributed by atoms with E-state index >= 15 is 0 Å². The van der Waals surface area contributed by atoms with Gasteiger partial charge in [0.15, 0.2) is 0 Å². The second-order valence-electron chi connectivity index (χ2n) is 9.75. The molecule has 2 aromatic heterocycles. The summed E-state index contributed by atoms with van der Waals surface area (Å²) >= 11 is 1.32. The Morgan fingerprint density at radius 2 is 1.84 bits per heavy atom. The van der Waals surface area contributed by atoms with Crippen LogP contribution in [0.15, 0.2) is 67.0 Å². The standard InChI is InChI=1S/C31H32N6O5S/c1-40-25-9-7-24(8-10-25)34-31(39)36-12-11-26-27(17-32)30(43-28(26)20-36)35-29(38)23-18-33-37(19-23)13-14-41-15-16-42-21-22-5-3-2-4-6-22/h2-10,18-19H,11-16,20-21H2,1H3,(H,34,39)(H,35,38). The average Bonchev–Trinajstić information content (AvgIpc) is 3.65. The molecule has 0 fully saturated rings. The van der Waals surface area contributed by atoms with Crippen molar-refractivity contribution in [2.75, 3.05) is 44.1 Å². The second kappa shape index (κ2) is 14.5. The molecule has 0 spiro atoms. The van der Waals surface area contributed by atoms with Gasteiger partial charge in [-0.3, -0.25) is 9.48 Å². The number of methoxy groups -OCH3 is 1. The number of nitriles is 1. The number of nitrogens with one attached hydrogen (secondary N) is 2. The van der Waals surface area contributed by atoms with Crippen LogP contribution in [-0.4, -0.2) is 60.1 Å². The number of rotatable bonds is 12. The summed E-state index contributed by atoms with van der Waals surface area (Å²) in [5.74, 6) is 0.348. The number of carbonyl (C=O) groups is 2. The number of anilines is 2. The van der Waals surface area contributed by atoms with Gasteiger partial charge in [0.2, 0.25) is 0 Å². The lowest BCUT2D eigenvalue weighted by Crippen LogP contribution is -2.38. The zero-order valence-electron chi connectivity index (χ0n) is 23.7. The van der Waals surface area contributed by atoms with Crippen LogP contribution in [0.1, 0.15) is 31.9 Å². The van der Waals surface area contributed by atoms with Crippen LogP contribution < -0.4 is 15.4 Å². The second-order valence-corrected chi connectivity index (χ2v) is 10.9. The Bertz CT molecular complexity index is 1580. The van der Waals surface area contributed by atoms with Gasteiger partial charge in [-0.1, -0.05) is 30.3 Å². The summed E-state index contributed by atoms with van der Waals surface area (Å²) in [5, 5.41) is 20.4. The number of thiophene rings is 1. The highest BCUT2D eigenvalue weighted by atomic mass is 32.1. The van der Waals surface area contributed by atoms with Crippen LogP contribution >= 0.6 is 11.3 Å². The Balaban J connectivity index is 1.09. The minimum absolute atomic E-state index is 0.232. The smallest absolute Gasteiger partial charge is 0.322 e. The van der Waals surface area contributed by atoms with Crippen LogP contribution in [0.5, 0.6) is 5.75 Å². The van der Waals surface area contributed by atoms with E-state index in [0.717, 1.165) is 16.0 Å². The molecule has 2 N–H and O–H groups in total. The monoisotopic (exact) mass is 600 g/mol. The molecule has 0 saturated carbocycles. The Hall–Kier alpha value is -4.70. The van der Waals surface area contributed by atoms with Crippen LogP contribution in [-0.2, 0) is 35.6 Å². The van der Waals surface area contributed by atoms with Crippen LogP contribution in [0, 0.1) is 11.3 Å². The number of hydrogen-bond acceptors (Lipinski definition) is 8. The SMILES string of the molecule is COc1ccc(NC(=O)N2CCc3c(sc(NC(=O)c4cnn(CCOCCOCc5ccccc5)c4)c3C#N)C2)cc1. The highest BCUT2D eigenvalue weighted by Gasteiger charge is 2.28. The summed E-state index contributed by atoms with van der Waals surface area (Å²) in [4.78, 5) is 28.4. The number of urea groups is 1. The van der Waals surface area contributed by atoms with Gasteiger partial charge in [-0.05, 0) is 41.8 Å². The number of amides is 3. The fourth-order valence-electron chi connectivity index (χ4n) is 4.58. The van der Waals surface area contributed by atoms with Crippen molar-refractivity contribution in [2.45, 2.75) is 26.1 Å². The van der Waals surface area contributed by atoms with E-state index in [1.807, 2.05) is 30.3 Å². The zero-order chi connectivity index (χ0) is 30.0. The highest BCUT2D eigenvalue weighted by molar-refractivity contribution is 7.16. The van der Waals surface area contributed by atoms with E-state index in [2.05, 4.69) is 21.8 Å². The van der Waals surface area contributed by atoms with E-state index in [4.69, 9.17) is 14.2 Å². The fraction of sp³-hybridized carbons (Fsp3) is 0.290. The quantitative estimate of drug-likeness (QED) is 0.221. The molecule has 0 radical (unpaired) electrons. The van der Waals surface area contributed by atoms with E-state index in [0.29, 0.717) is 80.0 Å². The first-order valence-electron chi connectivity index (χ1n) is 13.8. The summed E-state index contributed by atoms with van der Waals surface area (Å²) in [6.45, 7) is 3.21. The van der Waals surface area contributed by atoms with Gasteiger partial charge in [-0.2, -0.15) is 10.4 Å². The van der Waals surface area contributed by atoms with Crippen molar-refractivity contribution in [3.8, 4) is 11.8 Å². The fourth-order valence-corrected chi connectivity index (χ4v) is 5.79. The molecule has 11 nitrogen and oxygen atoms in total. The third-order valence-electron chi connectivity index (χ3n) is 6.87. The van der Waals surface area contributed by atoms with Crippen molar-refractivity contribution in [2.24, 2.45) is 0 Å². The molecule has 0 aliphatic carbocycles. The molecule has 4 aromatic rings. The Morgan fingerprint density at radius 3 is 2.60 bits per heavy atom. The van der Waals surface area contributed by atoms with Crippen LogP contribution in [0.3, 0.4) is 0 Å². The molecule has 1 aliphatic rings. The predicted molar refractivity (Wildman–Crippen MR) is 162 cm³/mol. The number of fused-ring (bicyclic) bond motifs is 1. The molecule has 222 valence electrons. The van der Waals surface area contributed by atoms with Gasteiger partial charge in [0, 0.05) is 23.3 Å². The number of carbonyl (C=O) groups excluding carboxylic acids is 2. The summed E-state index contributed by atoms with van der Waals surface area (Å²) in [6, 6.07) is 19.1. The van der Waals surface area contributed by atoms with E-state index in [-0.39, 0.29) is 11.9 Å². The van der Waals surface area contributed by atoms with E-state index in [1.54, 1.807) is 47.2 Å². The molecule has 12 heteroatoms. The third kappa shape index (κ3) is 7.78. The molecule has 0 saturated heterocycles. The van der Waals surface area contributed by atoms with Crippen molar-refractivity contribution < 1.29 is 23.8 Å². The minimum Gasteiger partial charge on any atom is -0.497 e. The van der Waals surface area contributed by atoms with Crippen LogP contribution in [0.2, 0.25) is 0 Å². The molecule has 0 unspecified atom stereocenters. The average molecular weight is 601 g/mol. The van der Waals surface area contributed by atoms with Gasteiger partial charge in [0.25, 0.3) is 5.91 Å². The summed E-state index contributed by atoms with van der Waals surface area (Å²) < 4.78 is 18.0. The van der Waals surface area contributed by atoms with Gasteiger partial charge in [-0.25, -0.2) is 4.79 Å². The molecule has 2 aromatic carbocycles. The molecule has 5 rings (SSSR count). The van der Waals surface area contributed by atoms with Crippen molar-refractivity contribution in [1.29, 1.82) is 5.26 Å². The zero-order valence-corrected chi connectivity index (χ0v) is 24.6. The predicted octanol–water partition coefficient (Wildman–Crippen LogP) is 4.90. The lowest BCUT2D eigenvalue weighted by atomic mass is 10.0. The van der Waals surface area contributed by atoms with Crippen molar-refractivity contribution >= 4 is 34.0 Å². The van der Waals surface area contributed by atoms with Gasteiger partial charge in [0.05, 0.1) is 64.0 Å². The maximum absolute atomic E-state index is 13.0. The summed E-state index contributed by atoms with van der Waals surface area (Å²) in [7, 11) is 1.59. The Morgan fingerprint density at radius 1 is 1.05 bits per heavy atom. The van der Waals surface area contributed by atoms with Crippen molar-refractivity contribution in [3.05, 3.63) is 94.1 Å². The lowest BCUT2D eigenvalue weighted by molar-refractivity contribution is 0.0372. The van der Waals surface area contributed by atoms with Gasteiger partial charge in [-0.15, -0.1) is 11.3 Å². The molecule has 0 bridgehead atoms. The van der Waals surface area contributed by atoms with Crippen LogP contribution in [0.4, 0.5) is 15.5 Å².